The second kappa shape index (κ2) is 7.11. The van der Waals surface area contributed by atoms with Crippen molar-refractivity contribution in [3.63, 3.8) is 0 Å². The molecule has 1 saturated heterocycles. The Labute approximate surface area is 124 Å². The minimum Gasteiger partial charge on any atom is -0.393 e. The molecule has 1 fully saturated rings. The average Bonchev–Trinajstić information content (AvgIpc) is 2.43. The molecule has 20 heavy (non-hydrogen) atoms. The summed E-state index contributed by atoms with van der Waals surface area (Å²) >= 11 is 1.62. The second-order valence-electron chi connectivity index (χ2n) is 5.32. The number of hydrogen-bond donors (Lipinski definition) is 2. The fraction of sp³-hybridized carbons (Fsp3) is 0.533. The third-order valence-electron chi connectivity index (χ3n) is 3.69. The van der Waals surface area contributed by atoms with Gasteiger partial charge in [-0.15, -0.1) is 11.8 Å². The molecule has 4 nitrogen and oxygen atoms in total. The Morgan fingerprint density at radius 1 is 1.50 bits per heavy atom. The van der Waals surface area contributed by atoms with E-state index >= 15 is 0 Å². The van der Waals surface area contributed by atoms with Gasteiger partial charge in [0, 0.05) is 18.0 Å². The number of carbonyl (C=O) groups excluding carboxylic acids is 1. The number of benzene rings is 1. The lowest BCUT2D eigenvalue weighted by Crippen LogP contribution is -2.45. The summed E-state index contributed by atoms with van der Waals surface area (Å²) in [5.74, 6) is 0.241. The number of para-hydroxylation sites is 1. The van der Waals surface area contributed by atoms with E-state index in [9.17, 15) is 9.90 Å². The molecule has 1 aromatic carbocycles. The standard InChI is InChI=1S/C15H22N2O2S/c1-11-9-17(8-7-13(11)18)10-15(19)16-12-5-3-4-6-14(12)20-2/h3-6,11,13,18H,7-10H2,1-2H3,(H,16,19). The van der Waals surface area contributed by atoms with Crippen LogP contribution in [-0.2, 0) is 4.79 Å². The van der Waals surface area contributed by atoms with Crippen molar-refractivity contribution >= 4 is 23.4 Å². The van der Waals surface area contributed by atoms with Gasteiger partial charge in [0.25, 0.3) is 0 Å². The maximum atomic E-state index is 12.1. The minimum absolute atomic E-state index is 0.00934. The van der Waals surface area contributed by atoms with Gasteiger partial charge in [-0.25, -0.2) is 0 Å². The van der Waals surface area contributed by atoms with E-state index in [0.29, 0.717) is 6.54 Å². The number of rotatable bonds is 4. The van der Waals surface area contributed by atoms with E-state index in [1.165, 1.54) is 0 Å². The van der Waals surface area contributed by atoms with Crippen LogP contribution in [0, 0.1) is 5.92 Å². The zero-order chi connectivity index (χ0) is 14.5. The Bertz CT molecular complexity index is 467. The summed E-state index contributed by atoms with van der Waals surface area (Å²) in [5, 5.41) is 12.7. The first-order chi connectivity index (χ1) is 9.60. The predicted molar refractivity (Wildman–Crippen MR) is 83.1 cm³/mol. The number of thioether (sulfide) groups is 1. The lowest BCUT2D eigenvalue weighted by Gasteiger charge is -2.33. The van der Waals surface area contributed by atoms with E-state index < -0.39 is 0 Å². The van der Waals surface area contributed by atoms with Crippen LogP contribution in [0.25, 0.3) is 0 Å². The maximum absolute atomic E-state index is 12.1. The molecule has 2 rings (SSSR count). The third kappa shape index (κ3) is 3.98. The molecule has 2 unspecified atom stereocenters. The first-order valence-corrected chi connectivity index (χ1v) is 8.16. The monoisotopic (exact) mass is 294 g/mol. The summed E-state index contributed by atoms with van der Waals surface area (Å²) < 4.78 is 0. The highest BCUT2D eigenvalue weighted by Gasteiger charge is 2.25. The molecule has 0 aliphatic carbocycles. The zero-order valence-corrected chi connectivity index (χ0v) is 12.8. The van der Waals surface area contributed by atoms with Crippen LogP contribution in [0.3, 0.4) is 0 Å². The number of likely N-dealkylation sites (tertiary alicyclic amines) is 1. The van der Waals surface area contributed by atoms with Gasteiger partial charge in [-0.3, -0.25) is 9.69 Å². The molecule has 1 amide bonds. The van der Waals surface area contributed by atoms with E-state index in [4.69, 9.17) is 0 Å². The van der Waals surface area contributed by atoms with Gasteiger partial charge in [0.1, 0.15) is 0 Å². The third-order valence-corrected chi connectivity index (χ3v) is 4.49. The summed E-state index contributed by atoms with van der Waals surface area (Å²) in [5.41, 5.74) is 0.870. The highest BCUT2D eigenvalue weighted by atomic mass is 32.2. The van der Waals surface area contributed by atoms with Gasteiger partial charge in [-0.05, 0) is 30.7 Å². The first kappa shape index (κ1) is 15.4. The van der Waals surface area contributed by atoms with Crippen LogP contribution in [0.2, 0.25) is 0 Å². The van der Waals surface area contributed by atoms with Crippen LogP contribution in [0.1, 0.15) is 13.3 Å². The lowest BCUT2D eigenvalue weighted by molar-refractivity contribution is -0.118. The number of aliphatic hydroxyl groups excluding tert-OH is 1. The van der Waals surface area contributed by atoms with E-state index in [-0.39, 0.29) is 17.9 Å². The molecule has 0 aromatic heterocycles. The van der Waals surface area contributed by atoms with Gasteiger partial charge in [0.15, 0.2) is 0 Å². The second-order valence-corrected chi connectivity index (χ2v) is 6.16. The number of hydrogen-bond acceptors (Lipinski definition) is 4. The molecule has 0 spiro atoms. The van der Waals surface area contributed by atoms with Crippen molar-refractivity contribution < 1.29 is 9.90 Å². The summed E-state index contributed by atoms with van der Waals surface area (Å²) in [4.78, 5) is 15.3. The molecule has 1 aromatic rings. The molecule has 2 atom stereocenters. The topological polar surface area (TPSA) is 52.6 Å². The highest BCUT2D eigenvalue weighted by molar-refractivity contribution is 7.98. The Morgan fingerprint density at radius 2 is 2.25 bits per heavy atom. The lowest BCUT2D eigenvalue weighted by atomic mass is 9.97. The maximum Gasteiger partial charge on any atom is 0.238 e. The van der Waals surface area contributed by atoms with Gasteiger partial charge in [-0.1, -0.05) is 19.1 Å². The van der Waals surface area contributed by atoms with Crippen molar-refractivity contribution in [2.45, 2.75) is 24.3 Å². The van der Waals surface area contributed by atoms with Crippen molar-refractivity contribution in [3.05, 3.63) is 24.3 Å². The molecule has 0 saturated carbocycles. The van der Waals surface area contributed by atoms with Crippen LogP contribution < -0.4 is 5.32 Å². The molecule has 0 radical (unpaired) electrons. The molecule has 5 heteroatoms. The summed E-state index contributed by atoms with van der Waals surface area (Å²) in [6.07, 6.45) is 2.51. The number of amides is 1. The van der Waals surface area contributed by atoms with Crippen molar-refractivity contribution in [3.8, 4) is 0 Å². The van der Waals surface area contributed by atoms with Crippen molar-refractivity contribution in [2.24, 2.45) is 5.92 Å². The van der Waals surface area contributed by atoms with Gasteiger partial charge < -0.3 is 10.4 Å². The molecule has 0 bridgehead atoms. The number of piperidine rings is 1. The fourth-order valence-corrected chi connectivity index (χ4v) is 3.06. The quantitative estimate of drug-likeness (QED) is 0.835. The summed E-state index contributed by atoms with van der Waals surface area (Å²) in [7, 11) is 0. The van der Waals surface area contributed by atoms with Crippen LogP contribution in [-0.4, -0.2) is 47.9 Å². The Morgan fingerprint density at radius 3 is 2.95 bits per heavy atom. The van der Waals surface area contributed by atoms with E-state index in [1.807, 2.05) is 37.4 Å². The first-order valence-electron chi connectivity index (χ1n) is 6.93. The predicted octanol–water partition coefficient (Wildman–Crippen LogP) is 2.05. The average molecular weight is 294 g/mol. The number of carbonyl (C=O) groups is 1. The van der Waals surface area contributed by atoms with Crippen LogP contribution in [0.15, 0.2) is 29.2 Å². The Hall–Kier alpha value is -1.04. The molecular formula is C15H22N2O2S. The van der Waals surface area contributed by atoms with Crippen LogP contribution in [0.4, 0.5) is 5.69 Å². The smallest absolute Gasteiger partial charge is 0.238 e. The normalized spacial score (nSPS) is 23.6. The van der Waals surface area contributed by atoms with Crippen LogP contribution in [0.5, 0.6) is 0 Å². The van der Waals surface area contributed by atoms with E-state index in [1.54, 1.807) is 11.8 Å². The van der Waals surface area contributed by atoms with Gasteiger partial charge in [-0.2, -0.15) is 0 Å². The van der Waals surface area contributed by atoms with E-state index in [2.05, 4.69) is 10.2 Å². The zero-order valence-electron chi connectivity index (χ0n) is 12.0. The number of anilines is 1. The van der Waals surface area contributed by atoms with Crippen molar-refractivity contribution in [1.29, 1.82) is 0 Å². The molecule has 1 aliphatic heterocycles. The Kier molecular flexibility index (Phi) is 5.46. The van der Waals surface area contributed by atoms with Gasteiger partial charge in [0.05, 0.1) is 18.3 Å². The van der Waals surface area contributed by atoms with Gasteiger partial charge in [0.2, 0.25) is 5.91 Å². The van der Waals surface area contributed by atoms with Gasteiger partial charge >= 0.3 is 0 Å². The minimum atomic E-state index is -0.230. The van der Waals surface area contributed by atoms with Crippen LogP contribution >= 0.6 is 11.8 Å². The highest BCUT2D eigenvalue weighted by Crippen LogP contribution is 2.24. The Balaban J connectivity index is 1.89. The number of nitrogens with zero attached hydrogens (tertiary/aromatic N) is 1. The van der Waals surface area contributed by atoms with Crippen molar-refractivity contribution in [2.75, 3.05) is 31.2 Å². The van der Waals surface area contributed by atoms with Crippen molar-refractivity contribution in [1.82, 2.24) is 4.90 Å². The van der Waals surface area contributed by atoms with E-state index in [0.717, 1.165) is 30.1 Å². The molecule has 2 N–H and O–H groups in total. The fourth-order valence-electron chi connectivity index (χ4n) is 2.50. The summed E-state index contributed by atoms with van der Waals surface area (Å²) in [6, 6.07) is 7.82. The molecule has 1 aliphatic rings. The molecule has 1 heterocycles. The SMILES string of the molecule is CSc1ccccc1NC(=O)CN1CCC(O)C(C)C1. The number of nitrogens with one attached hydrogen (secondary N) is 1. The summed E-state index contributed by atoms with van der Waals surface area (Å²) in [6.45, 7) is 3.97. The largest absolute Gasteiger partial charge is 0.393 e. The molecule has 110 valence electrons. The molecular weight excluding hydrogens is 272 g/mol. The number of aliphatic hydroxyl groups is 1.